The van der Waals surface area contributed by atoms with E-state index in [0.717, 1.165) is 17.1 Å². The van der Waals surface area contributed by atoms with Gasteiger partial charge in [0, 0.05) is 32.2 Å². The van der Waals surface area contributed by atoms with Gasteiger partial charge >= 0.3 is 5.97 Å². The summed E-state index contributed by atoms with van der Waals surface area (Å²) in [6.07, 6.45) is 3.67. The summed E-state index contributed by atoms with van der Waals surface area (Å²) in [5.74, 6) is 0.0678. The Morgan fingerprint density at radius 3 is 2.74 bits per heavy atom. The van der Waals surface area contributed by atoms with E-state index >= 15 is 0 Å². The minimum Gasteiger partial charge on any atom is -0.478 e. The second kappa shape index (κ2) is 5.14. The van der Waals surface area contributed by atoms with Crippen LogP contribution in [0.4, 0.5) is 5.69 Å². The Balaban J connectivity index is 2.20. The highest BCUT2D eigenvalue weighted by atomic mass is 16.4. The fraction of sp³-hybridized carbons (Fsp3) is 0.286. The van der Waals surface area contributed by atoms with Gasteiger partial charge in [0.1, 0.15) is 5.82 Å². The van der Waals surface area contributed by atoms with Crippen LogP contribution in [0.3, 0.4) is 0 Å². The maximum Gasteiger partial charge on any atom is 0.335 e. The summed E-state index contributed by atoms with van der Waals surface area (Å²) in [7, 11) is 3.92. The standard InChI is InChI=1S/C14H17N3O2/c1-10-8-11(4-5-12(10)14(18)19)17(3)9-13-15-6-7-16(13)2/h4-8H,9H2,1-3H3,(H,18,19). The minimum absolute atomic E-state index is 0.342. The maximum atomic E-state index is 11.0. The van der Waals surface area contributed by atoms with E-state index in [-0.39, 0.29) is 0 Å². The van der Waals surface area contributed by atoms with E-state index in [1.165, 1.54) is 0 Å². The molecule has 0 saturated carbocycles. The molecule has 0 aliphatic carbocycles. The third kappa shape index (κ3) is 2.76. The number of aromatic carboxylic acids is 1. The number of benzene rings is 1. The normalized spacial score (nSPS) is 10.5. The second-order valence-electron chi connectivity index (χ2n) is 4.61. The van der Waals surface area contributed by atoms with Crippen molar-refractivity contribution >= 4 is 11.7 Å². The SMILES string of the molecule is Cc1cc(N(C)Cc2nccn2C)ccc1C(=O)O. The lowest BCUT2D eigenvalue weighted by molar-refractivity contribution is 0.0696. The number of hydrogen-bond acceptors (Lipinski definition) is 3. The Hall–Kier alpha value is -2.30. The number of hydrogen-bond donors (Lipinski definition) is 1. The molecular formula is C14H17N3O2. The van der Waals surface area contributed by atoms with Crippen molar-refractivity contribution in [2.75, 3.05) is 11.9 Å². The Kier molecular flexibility index (Phi) is 3.55. The minimum atomic E-state index is -0.893. The lowest BCUT2D eigenvalue weighted by Crippen LogP contribution is -2.19. The van der Waals surface area contributed by atoms with Gasteiger partial charge in [0.25, 0.3) is 0 Å². The predicted octanol–water partition coefficient (Wildman–Crippen LogP) is 2.06. The Morgan fingerprint density at radius 2 is 2.21 bits per heavy atom. The molecule has 0 radical (unpaired) electrons. The molecule has 0 atom stereocenters. The molecule has 19 heavy (non-hydrogen) atoms. The van der Waals surface area contributed by atoms with Gasteiger partial charge in [-0.15, -0.1) is 0 Å². The van der Waals surface area contributed by atoms with Gasteiger partial charge in [0.05, 0.1) is 12.1 Å². The monoisotopic (exact) mass is 259 g/mol. The molecular weight excluding hydrogens is 242 g/mol. The van der Waals surface area contributed by atoms with E-state index in [9.17, 15) is 4.79 Å². The molecule has 1 aromatic heterocycles. The second-order valence-corrected chi connectivity index (χ2v) is 4.61. The van der Waals surface area contributed by atoms with Crippen LogP contribution in [0.25, 0.3) is 0 Å². The third-order valence-corrected chi connectivity index (χ3v) is 3.18. The highest BCUT2D eigenvalue weighted by Crippen LogP contribution is 2.19. The molecule has 2 aromatic rings. The van der Waals surface area contributed by atoms with Gasteiger partial charge in [-0.3, -0.25) is 0 Å². The van der Waals surface area contributed by atoms with Crippen molar-refractivity contribution in [1.29, 1.82) is 0 Å². The van der Waals surface area contributed by atoms with Crippen LogP contribution in [-0.4, -0.2) is 27.7 Å². The number of nitrogens with zero attached hydrogens (tertiary/aromatic N) is 3. The molecule has 0 bridgehead atoms. The van der Waals surface area contributed by atoms with Gasteiger partial charge in [-0.2, -0.15) is 0 Å². The van der Waals surface area contributed by atoms with E-state index in [1.54, 1.807) is 12.3 Å². The van der Waals surface area contributed by atoms with Gasteiger partial charge in [-0.25, -0.2) is 9.78 Å². The molecule has 5 nitrogen and oxygen atoms in total. The van der Waals surface area contributed by atoms with E-state index in [0.29, 0.717) is 12.1 Å². The number of anilines is 1. The number of carboxylic acid groups (broad SMARTS) is 1. The Labute approximate surface area is 112 Å². The summed E-state index contributed by atoms with van der Waals surface area (Å²) in [6, 6.07) is 5.34. The predicted molar refractivity (Wildman–Crippen MR) is 73.5 cm³/mol. The number of rotatable bonds is 4. The first-order chi connectivity index (χ1) is 8.99. The highest BCUT2D eigenvalue weighted by Gasteiger charge is 2.10. The summed E-state index contributed by atoms with van der Waals surface area (Å²) >= 11 is 0. The quantitative estimate of drug-likeness (QED) is 0.913. The van der Waals surface area contributed by atoms with Crippen molar-refractivity contribution in [2.24, 2.45) is 7.05 Å². The molecule has 1 N–H and O–H groups in total. The summed E-state index contributed by atoms with van der Waals surface area (Å²) in [5, 5.41) is 9.01. The first-order valence-corrected chi connectivity index (χ1v) is 6.00. The summed E-state index contributed by atoms with van der Waals surface area (Å²) in [6.45, 7) is 2.48. The molecule has 0 amide bonds. The topological polar surface area (TPSA) is 58.4 Å². The van der Waals surface area contributed by atoms with Gasteiger partial charge in [0.15, 0.2) is 0 Å². The summed E-state index contributed by atoms with van der Waals surface area (Å²) in [4.78, 5) is 17.3. The van der Waals surface area contributed by atoms with Crippen LogP contribution in [-0.2, 0) is 13.6 Å². The molecule has 100 valence electrons. The van der Waals surface area contributed by atoms with Crippen molar-refractivity contribution in [3.8, 4) is 0 Å². The van der Waals surface area contributed by atoms with Gasteiger partial charge in [0.2, 0.25) is 0 Å². The zero-order valence-electron chi connectivity index (χ0n) is 11.3. The van der Waals surface area contributed by atoms with E-state index in [2.05, 4.69) is 4.98 Å². The fourth-order valence-electron chi connectivity index (χ4n) is 1.98. The van der Waals surface area contributed by atoms with Crippen LogP contribution in [0.2, 0.25) is 0 Å². The lowest BCUT2D eigenvalue weighted by Gasteiger charge is -2.20. The number of carbonyl (C=O) groups is 1. The van der Waals surface area contributed by atoms with Crippen LogP contribution >= 0.6 is 0 Å². The molecule has 1 heterocycles. The average molecular weight is 259 g/mol. The van der Waals surface area contributed by atoms with Crippen molar-refractivity contribution < 1.29 is 9.90 Å². The van der Waals surface area contributed by atoms with Crippen LogP contribution in [0.15, 0.2) is 30.6 Å². The van der Waals surface area contributed by atoms with Crippen molar-refractivity contribution in [3.05, 3.63) is 47.5 Å². The first-order valence-electron chi connectivity index (χ1n) is 6.00. The van der Waals surface area contributed by atoms with Crippen LogP contribution in [0, 0.1) is 6.92 Å². The molecule has 0 fully saturated rings. The molecule has 0 aliphatic rings. The molecule has 0 spiro atoms. The van der Waals surface area contributed by atoms with Gasteiger partial charge < -0.3 is 14.6 Å². The number of carboxylic acids is 1. The maximum absolute atomic E-state index is 11.0. The van der Waals surface area contributed by atoms with E-state index in [4.69, 9.17) is 5.11 Å². The van der Waals surface area contributed by atoms with Crippen molar-refractivity contribution in [1.82, 2.24) is 9.55 Å². The molecule has 0 unspecified atom stereocenters. The van der Waals surface area contributed by atoms with E-state index < -0.39 is 5.97 Å². The van der Waals surface area contributed by atoms with Crippen molar-refractivity contribution in [3.63, 3.8) is 0 Å². The average Bonchev–Trinajstić information content (AvgIpc) is 2.74. The largest absolute Gasteiger partial charge is 0.478 e. The van der Waals surface area contributed by atoms with Crippen LogP contribution < -0.4 is 4.90 Å². The Morgan fingerprint density at radius 1 is 1.47 bits per heavy atom. The summed E-state index contributed by atoms with van der Waals surface area (Å²) in [5.41, 5.74) is 2.08. The van der Waals surface area contributed by atoms with Crippen molar-refractivity contribution in [2.45, 2.75) is 13.5 Å². The first kappa shape index (κ1) is 13.1. The molecule has 1 aromatic carbocycles. The molecule has 2 rings (SSSR count). The number of aryl methyl sites for hydroxylation is 2. The lowest BCUT2D eigenvalue weighted by atomic mass is 10.1. The highest BCUT2D eigenvalue weighted by molar-refractivity contribution is 5.89. The third-order valence-electron chi connectivity index (χ3n) is 3.18. The van der Waals surface area contributed by atoms with Crippen LogP contribution in [0.5, 0.6) is 0 Å². The van der Waals surface area contributed by atoms with Gasteiger partial charge in [-0.1, -0.05) is 0 Å². The van der Waals surface area contributed by atoms with Crippen LogP contribution in [0.1, 0.15) is 21.7 Å². The fourth-order valence-corrected chi connectivity index (χ4v) is 1.98. The number of aromatic nitrogens is 2. The number of imidazole rings is 1. The van der Waals surface area contributed by atoms with Gasteiger partial charge in [-0.05, 0) is 30.7 Å². The molecule has 5 heteroatoms. The zero-order chi connectivity index (χ0) is 14.0. The Bertz CT molecular complexity index is 604. The summed E-state index contributed by atoms with van der Waals surface area (Å²) < 4.78 is 1.97. The zero-order valence-corrected chi connectivity index (χ0v) is 11.3. The molecule has 0 saturated heterocycles. The smallest absolute Gasteiger partial charge is 0.335 e. The van der Waals surface area contributed by atoms with E-state index in [1.807, 2.05) is 48.8 Å². The molecule has 0 aliphatic heterocycles.